The topological polar surface area (TPSA) is 99.2 Å². The maximum Gasteiger partial charge on any atom is 0.289 e. The number of hydrogen-bond acceptors (Lipinski definition) is 10. The fraction of sp³-hybridized carbons (Fsp3) is 0.468. The van der Waals surface area contributed by atoms with Gasteiger partial charge in [-0.3, -0.25) is 9.69 Å². The Morgan fingerprint density at radius 1 is 0.828 bits per heavy atom. The Morgan fingerprint density at radius 2 is 1.48 bits per heavy atom. The number of carbonyl (C=O) groups excluding carboxylic acids is 1. The fourth-order valence-electron chi connectivity index (χ4n) is 9.77. The molecule has 0 unspecified atom stereocenters. The average molecular weight is 809 g/mol. The van der Waals surface area contributed by atoms with Crippen molar-refractivity contribution in [2.45, 2.75) is 83.0 Å². The maximum atomic E-state index is 15.1. The van der Waals surface area contributed by atoms with Crippen LogP contribution in [0.25, 0.3) is 0 Å². The molecule has 0 saturated carbocycles. The van der Waals surface area contributed by atoms with E-state index >= 15 is 4.79 Å². The third-order valence-corrected chi connectivity index (χ3v) is 13.7. The minimum atomic E-state index is -0.609. The van der Waals surface area contributed by atoms with Crippen molar-refractivity contribution in [3.8, 4) is 23.0 Å². The van der Waals surface area contributed by atoms with E-state index in [9.17, 15) is 5.11 Å². The van der Waals surface area contributed by atoms with Gasteiger partial charge >= 0.3 is 0 Å². The van der Waals surface area contributed by atoms with Crippen molar-refractivity contribution >= 4 is 17.2 Å². The fourth-order valence-corrected chi connectivity index (χ4v) is 10.5. The van der Waals surface area contributed by atoms with Crippen LogP contribution < -0.4 is 18.9 Å². The lowest BCUT2D eigenvalue weighted by molar-refractivity contribution is -0.158. The van der Waals surface area contributed by atoms with Crippen molar-refractivity contribution in [2.24, 2.45) is 11.8 Å². The highest BCUT2D eigenvalue weighted by molar-refractivity contribution is 7.08. The van der Waals surface area contributed by atoms with Gasteiger partial charge in [-0.15, -0.1) is 0 Å². The molecule has 1 N–H and O–H groups in total. The molecule has 0 aliphatic carbocycles. The van der Waals surface area contributed by atoms with Gasteiger partial charge in [0.05, 0.1) is 47.7 Å². The summed E-state index contributed by atoms with van der Waals surface area (Å²) in [5, 5.41) is 13.7. The average Bonchev–Trinajstić information content (AvgIpc) is 3.82. The Hall–Kier alpha value is -4.55. The van der Waals surface area contributed by atoms with E-state index in [0.29, 0.717) is 55.1 Å². The Balaban J connectivity index is 1.12. The van der Waals surface area contributed by atoms with E-state index in [2.05, 4.69) is 57.8 Å². The van der Waals surface area contributed by atoms with E-state index in [1.54, 1.807) is 39.8 Å². The van der Waals surface area contributed by atoms with Crippen LogP contribution in [0.4, 0.5) is 0 Å². The minimum Gasteiger partial charge on any atom is -0.493 e. The molecular weight excluding hydrogens is 753 g/mol. The van der Waals surface area contributed by atoms with Gasteiger partial charge in [-0.25, -0.2) is 0 Å². The van der Waals surface area contributed by atoms with Gasteiger partial charge in [0.15, 0.2) is 28.8 Å². The largest absolute Gasteiger partial charge is 0.493 e. The first-order valence-corrected chi connectivity index (χ1v) is 21.5. The van der Waals surface area contributed by atoms with Crippen LogP contribution in [0.2, 0.25) is 0 Å². The second kappa shape index (κ2) is 17.7. The number of fused-ring (bicyclic) bond motifs is 4. The van der Waals surface area contributed by atoms with Crippen LogP contribution in [0.3, 0.4) is 0 Å². The van der Waals surface area contributed by atoms with E-state index in [0.717, 1.165) is 72.5 Å². The van der Waals surface area contributed by atoms with Crippen LogP contribution in [0.5, 0.6) is 23.0 Å². The van der Waals surface area contributed by atoms with Gasteiger partial charge in [0, 0.05) is 38.0 Å². The molecule has 1 amide bonds. The van der Waals surface area contributed by atoms with Crippen LogP contribution in [-0.4, -0.2) is 75.2 Å². The van der Waals surface area contributed by atoms with Crippen LogP contribution in [0.1, 0.15) is 89.6 Å². The smallest absolute Gasteiger partial charge is 0.289 e. The van der Waals surface area contributed by atoms with Crippen LogP contribution >= 0.6 is 11.3 Å². The third kappa shape index (κ3) is 8.06. The number of aliphatic hydroxyl groups excluding tert-OH is 1. The number of ether oxygens (including phenoxy) is 6. The summed E-state index contributed by atoms with van der Waals surface area (Å²) in [7, 11) is 6.75. The van der Waals surface area contributed by atoms with Gasteiger partial charge in [0.2, 0.25) is 6.29 Å². The number of benzene rings is 3. The molecule has 4 aliphatic rings. The Bertz CT molecular complexity index is 2080. The number of nitrogens with zero attached hydrogens (tertiary/aromatic N) is 2. The molecule has 1 saturated heterocycles. The molecule has 308 valence electrons. The second-order valence-corrected chi connectivity index (χ2v) is 16.8. The molecule has 1 fully saturated rings. The molecule has 5 heterocycles. The zero-order valence-electron chi connectivity index (χ0n) is 34.3. The summed E-state index contributed by atoms with van der Waals surface area (Å²) < 4.78 is 36.0. The molecule has 11 heteroatoms. The summed E-state index contributed by atoms with van der Waals surface area (Å²) in [4.78, 5) is 19.9. The highest BCUT2D eigenvalue weighted by Gasteiger charge is 2.43. The molecule has 8 rings (SSSR count). The number of methoxy groups -OCH3 is 4. The van der Waals surface area contributed by atoms with Gasteiger partial charge in [-0.1, -0.05) is 37.6 Å². The molecule has 6 atom stereocenters. The Kier molecular flexibility index (Phi) is 12.3. The van der Waals surface area contributed by atoms with Crippen LogP contribution in [0, 0.1) is 11.8 Å². The molecular formula is C47H56N2O8S. The van der Waals surface area contributed by atoms with Gasteiger partial charge in [-0.2, -0.15) is 11.3 Å². The first kappa shape index (κ1) is 40.2. The van der Waals surface area contributed by atoms with E-state index in [-0.39, 0.29) is 30.5 Å². The number of hydrogen-bond donors (Lipinski definition) is 1. The van der Waals surface area contributed by atoms with Crippen molar-refractivity contribution < 1.29 is 38.3 Å². The number of rotatable bonds is 13. The first-order chi connectivity index (χ1) is 28.3. The van der Waals surface area contributed by atoms with Crippen molar-refractivity contribution in [3.05, 3.63) is 116 Å². The molecule has 10 nitrogen and oxygen atoms in total. The van der Waals surface area contributed by atoms with Gasteiger partial charge in [0.25, 0.3) is 5.91 Å². The predicted octanol–water partition coefficient (Wildman–Crippen LogP) is 8.37. The third-order valence-electron chi connectivity index (χ3n) is 13.0. The van der Waals surface area contributed by atoms with Crippen LogP contribution in [-0.2, 0) is 40.3 Å². The summed E-state index contributed by atoms with van der Waals surface area (Å²) in [5.41, 5.74) is 7.90. The zero-order valence-corrected chi connectivity index (χ0v) is 35.1. The van der Waals surface area contributed by atoms with Gasteiger partial charge in [-0.05, 0) is 124 Å². The Morgan fingerprint density at radius 3 is 2.14 bits per heavy atom. The summed E-state index contributed by atoms with van der Waals surface area (Å²) in [6.07, 6.45) is 6.52. The molecule has 4 aliphatic heterocycles. The number of amides is 1. The van der Waals surface area contributed by atoms with Crippen molar-refractivity contribution in [1.82, 2.24) is 9.80 Å². The molecule has 0 bridgehead atoms. The Labute approximate surface area is 346 Å². The van der Waals surface area contributed by atoms with E-state index in [4.69, 9.17) is 28.4 Å². The normalized spacial score (nSPS) is 24.1. The second-order valence-electron chi connectivity index (χ2n) is 16.0. The van der Waals surface area contributed by atoms with Crippen molar-refractivity contribution in [2.75, 3.05) is 48.1 Å². The highest BCUT2D eigenvalue weighted by atomic mass is 32.1. The standard InChI is InChI=1S/C47H56N2O8S/c1-6-31-25-48-14-11-32-19-41(52-2)43(54-4)23-37(32)39(48)17-35(31)18-40-38-24-44(55-5)42(53-3)20-33(38)12-15-49(40)47(51)45-21-36(34-13-16-58-28-34)22-46(57-45)56-27-30-9-7-29(26-50)8-10-30/h7-10,13,16,19-21,23-24,28,31,35-36,39-40,46,50H,6,11-12,14-15,17-18,22,25-27H2,1-5H3/t31-,35+,36+,39-,40+,46-/m0/s1. The monoisotopic (exact) mass is 808 g/mol. The van der Waals surface area contributed by atoms with E-state index in [1.807, 2.05) is 30.3 Å². The molecule has 58 heavy (non-hydrogen) atoms. The number of piperidine rings is 1. The predicted molar refractivity (Wildman–Crippen MR) is 224 cm³/mol. The molecule has 0 spiro atoms. The zero-order chi connectivity index (χ0) is 40.3. The molecule has 3 aromatic carbocycles. The summed E-state index contributed by atoms with van der Waals surface area (Å²) in [6.45, 7) is 5.20. The minimum absolute atomic E-state index is 0.00848. The molecule has 1 aromatic heterocycles. The van der Waals surface area contributed by atoms with Crippen LogP contribution in [0.15, 0.2) is 77.2 Å². The summed E-state index contributed by atoms with van der Waals surface area (Å²) in [6, 6.07) is 18.4. The number of aliphatic hydroxyl groups is 1. The van der Waals surface area contributed by atoms with E-state index in [1.165, 1.54) is 16.7 Å². The maximum absolute atomic E-state index is 15.1. The lowest BCUT2D eigenvalue weighted by atomic mass is 9.72. The van der Waals surface area contributed by atoms with Gasteiger partial charge in [0.1, 0.15) is 0 Å². The number of allylic oxidation sites excluding steroid dienone is 1. The number of carbonyl (C=O) groups is 1. The lowest BCUT2D eigenvalue weighted by Crippen LogP contribution is -2.48. The van der Waals surface area contributed by atoms with E-state index < -0.39 is 6.29 Å². The van der Waals surface area contributed by atoms with Crippen molar-refractivity contribution in [3.63, 3.8) is 0 Å². The van der Waals surface area contributed by atoms with Gasteiger partial charge < -0.3 is 38.4 Å². The SMILES string of the molecule is CC[C@H]1CN2CCc3cc(OC)c(OC)cc3[C@@H]2C[C@@H]1C[C@@H]1c2cc(OC)c(OC)cc2CCN1C(=O)C1=C[C@@H](c2ccsc2)C[C@@H](OCc2ccc(CO)cc2)O1. The summed E-state index contributed by atoms with van der Waals surface area (Å²) >= 11 is 1.65. The molecule has 0 radical (unpaired) electrons. The highest BCUT2D eigenvalue weighted by Crippen LogP contribution is 2.50. The summed E-state index contributed by atoms with van der Waals surface area (Å²) in [5.74, 6) is 3.90. The van der Waals surface area contributed by atoms with Crippen molar-refractivity contribution in [1.29, 1.82) is 0 Å². The lowest BCUT2D eigenvalue weighted by Gasteiger charge is -2.49. The molecule has 4 aromatic rings. The number of thiophene rings is 1. The first-order valence-electron chi connectivity index (χ1n) is 20.6. The quantitative estimate of drug-likeness (QED) is 0.143.